The first-order valence-corrected chi connectivity index (χ1v) is 11.7. The lowest BCUT2D eigenvalue weighted by Gasteiger charge is -2.14. The maximum atomic E-state index is 12.9. The number of nitro benzene ring substituents is 1. The molecule has 3 aromatic carbocycles. The molecule has 4 rings (SSSR count). The summed E-state index contributed by atoms with van der Waals surface area (Å²) in [4.78, 5) is 49.0. The van der Waals surface area contributed by atoms with E-state index in [4.69, 9.17) is 21.1 Å². The Morgan fingerprint density at radius 2 is 1.82 bits per heavy atom. The number of carbonyl (C=O) groups is 3. The van der Waals surface area contributed by atoms with Crippen LogP contribution in [-0.2, 0) is 14.4 Å². The maximum absolute atomic E-state index is 12.9. The van der Waals surface area contributed by atoms with Crippen LogP contribution in [0.3, 0.4) is 0 Å². The van der Waals surface area contributed by atoms with Crippen molar-refractivity contribution in [2.75, 3.05) is 23.5 Å². The van der Waals surface area contributed by atoms with Crippen molar-refractivity contribution in [2.24, 2.45) is 0 Å². The van der Waals surface area contributed by atoms with Crippen LogP contribution in [-0.4, -0.2) is 35.9 Å². The number of hydrogen-bond acceptors (Lipinski definition) is 7. The minimum absolute atomic E-state index is 0.0291. The molecule has 0 radical (unpaired) electrons. The van der Waals surface area contributed by atoms with E-state index in [1.54, 1.807) is 61.5 Å². The molecule has 12 heteroatoms. The van der Waals surface area contributed by atoms with Crippen LogP contribution in [0.25, 0.3) is 6.08 Å². The van der Waals surface area contributed by atoms with Gasteiger partial charge in [-0.2, -0.15) is 0 Å². The van der Waals surface area contributed by atoms with Crippen molar-refractivity contribution >= 4 is 52.5 Å². The fraction of sp³-hybridized carbons (Fsp3) is 0.115. The number of carbonyl (C=O) groups excluding carboxylic acids is 3. The zero-order valence-corrected chi connectivity index (χ0v) is 20.7. The normalized spacial score (nSPS) is 13.8. The number of nitrogens with one attached hydrogen (secondary N) is 2. The highest BCUT2D eigenvalue weighted by molar-refractivity contribution is 6.31. The molecule has 1 heterocycles. The Labute approximate surface area is 221 Å². The highest BCUT2D eigenvalue weighted by Gasteiger charge is 2.35. The molecule has 0 aromatic heterocycles. The van der Waals surface area contributed by atoms with Crippen LogP contribution >= 0.6 is 11.6 Å². The number of benzene rings is 3. The van der Waals surface area contributed by atoms with Gasteiger partial charge in [-0.25, -0.2) is 5.01 Å². The number of rotatable bonds is 9. The van der Waals surface area contributed by atoms with Gasteiger partial charge >= 0.3 is 5.69 Å². The van der Waals surface area contributed by atoms with Crippen molar-refractivity contribution in [3.8, 4) is 11.5 Å². The molecule has 38 heavy (non-hydrogen) atoms. The van der Waals surface area contributed by atoms with E-state index in [2.05, 4.69) is 10.7 Å². The Balaban J connectivity index is 1.60. The van der Waals surface area contributed by atoms with Crippen molar-refractivity contribution in [3.63, 3.8) is 0 Å². The van der Waals surface area contributed by atoms with Gasteiger partial charge < -0.3 is 14.8 Å². The summed E-state index contributed by atoms with van der Waals surface area (Å²) >= 11 is 5.84. The number of ether oxygens (including phenoxy) is 2. The van der Waals surface area contributed by atoms with Crippen molar-refractivity contribution in [3.05, 3.63) is 93.0 Å². The Kier molecular flexibility index (Phi) is 7.88. The summed E-state index contributed by atoms with van der Waals surface area (Å²) in [6.45, 7) is 1.25. The van der Waals surface area contributed by atoms with Crippen LogP contribution in [0, 0.1) is 10.1 Å². The Morgan fingerprint density at radius 1 is 1.11 bits per heavy atom. The van der Waals surface area contributed by atoms with E-state index in [1.165, 1.54) is 12.1 Å². The van der Waals surface area contributed by atoms with Crippen molar-refractivity contribution < 1.29 is 28.8 Å². The average molecular weight is 537 g/mol. The van der Waals surface area contributed by atoms with Crippen molar-refractivity contribution in [2.45, 2.75) is 6.92 Å². The van der Waals surface area contributed by atoms with Crippen molar-refractivity contribution in [1.82, 2.24) is 5.43 Å². The molecule has 1 aliphatic heterocycles. The predicted molar refractivity (Wildman–Crippen MR) is 140 cm³/mol. The largest absolute Gasteiger partial charge is 0.490 e. The van der Waals surface area contributed by atoms with Crippen molar-refractivity contribution in [1.29, 1.82) is 0 Å². The lowest BCUT2D eigenvalue weighted by atomic mass is 10.1. The monoisotopic (exact) mass is 536 g/mol. The van der Waals surface area contributed by atoms with Gasteiger partial charge in [-0.1, -0.05) is 29.8 Å². The summed E-state index contributed by atoms with van der Waals surface area (Å²) in [5, 5.41) is 16.1. The summed E-state index contributed by atoms with van der Waals surface area (Å²) in [5.41, 5.74) is 2.82. The van der Waals surface area contributed by atoms with Crippen LogP contribution < -0.4 is 25.2 Å². The summed E-state index contributed by atoms with van der Waals surface area (Å²) in [5.74, 6) is -2.15. The van der Waals surface area contributed by atoms with Crippen LogP contribution in [0.4, 0.5) is 17.1 Å². The van der Waals surface area contributed by atoms with E-state index in [-0.39, 0.29) is 29.2 Å². The number of anilines is 2. The Hall–Kier alpha value is -4.90. The molecular formula is C26H21ClN4O7. The molecule has 1 aliphatic rings. The van der Waals surface area contributed by atoms with Gasteiger partial charge in [0.15, 0.2) is 12.4 Å². The number of halogens is 1. The zero-order chi connectivity index (χ0) is 27.2. The maximum Gasteiger partial charge on any atom is 0.315 e. The van der Waals surface area contributed by atoms with Gasteiger partial charge in [0.25, 0.3) is 17.7 Å². The van der Waals surface area contributed by atoms with E-state index in [9.17, 15) is 24.5 Å². The minimum atomic E-state index is -0.705. The average Bonchev–Trinajstić information content (AvgIpc) is 3.18. The summed E-state index contributed by atoms with van der Waals surface area (Å²) in [6.07, 6.45) is 1.23. The molecular weight excluding hydrogens is 516 g/mol. The fourth-order valence-corrected chi connectivity index (χ4v) is 3.71. The van der Waals surface area contributed by atoms with Gasteiger partial charge in [0.1, 0.15) is 5.57 Å². The number of para-hydroxylation sites is 1. The van der Waals surface area contributed by atoms with E-state index in [1.807, 2.05) is 0 Å². The first kappa shape index (κ1) is 26.2. The molecule has 0 atom stereocenters. The van der Waals surface area contributed by atoms with Gasteiger partial charge in [0, 0.05) is 16.8 Å². The third-order valence-corrected chi connectivity index (χ3v) is 5.50. The molecule has 194 valence electrons. The molecule has 0 unspecified atom stereocenters. The number of nitrogens with zero attached hydrogens (tertiary/aromatic N) is 2. The number of amides is 3. The van der Waals surface area contributed by atoms with E-state index < -0.39 is 34.9 Å². The number of nitro groups is 1. The third kappa shape index (κ3) is 5.90. The van der Waals surface area contributed by atoms with Crippen LogP contribution in [0.1, 0.15) is 12.5 Å². The van der Waals surface area contributed by atoms with Gasteiger partial charge in [0.05, 0.1) is 17.2 Å². The highest BCUT2D eigenvalue weighted by Crippen LogP contribution is 2.39. The third-order valence-electron chi connectivity index (χ3n) is 5.25. The van der Waals surface area contributed by atoms with Gasteiger partial charge in [-0.15, -0.1) is 0 Å². The molecule has 0 bridgehead atoms. The highest BCUT2D eigenvalue weighted by atomic mass is 35.5. The molecule has 1 fully saturated rings. The zero-order valence-electron chi connectivity index (χ0n) is 20.0. The standard InChI is InChI=1S/C26H21ClN4O7/c1-2-37-22-14-16(12-20-25(33)29-30(26(20)34)19-6-4-3-5-7-19)13-21(31(35)36)24(22)38-15-23(32)28-18-10-8-17(27)9-11-18/h3-14H,2,15H2,1H3,(H,28,32)(H,29,33)/b20-12-. The van der Waals surface area contributed by atoms with Gasteiger partial charge in [-0.05, 0) is 61.0 Å². The second-order valence-corrected chi connectivity index (χ2v) is 8.31. The lowest BCUT2D eigenvalue weighted by Crippen LogP contribution is -2.35. The molecule has 3 aromatic rings. The van der Waals surface area contributed by atoms with Crippen LogP contribution in [0.15, 0.2) is 72.3 Å². The number of hydrogen-bond donors (Lipinski definition) is 2. The first-order valence-electron chi connectivity index (χ1n) is 11.3. The van der Waals surface area contributed by atoms with E-state index in [0.717, 1.165) is 11.1 Å². The second-order valence-electron chi connectivity index (χ2n) is 7.88. The van der Waals surface area contributed by atoms with Crippen LogP contribution in [0.5, 0.6) is 11.5 Å². The fourth-order valence-electron chi connectivity index (χ4n) is 3.59. The predicted octanol–water partition coefficient (Wildman–Crippen LogP) is 4.13. The van der Waals surface area contributed by atoms with Crippen LogP contribution in [0.2, 0.25) is 5.02 Å². The Morgan fingerprint density at radius 3 is 2.47 bits per heavy atom. The molecule has 0 saturated carbocycles. The van der Waals surface area contributed by atoms with Gasteiger partial charge in [0.2, 0.25) is 5.75 Å². The molecule has 11 nitrogen and oxygen atoms in total. The quantitative estimate of drug-likeness (QED) is 0.181. The number of hydrazine groups is 1. The summed E-state index contributed by atoms with van der Waals surface area (Å²) in [6, 6.07) is 17.4. The minimum Gasteiger partial charge on any atom is -0.490 e. The smallest absolute Gasteiger partial charge is 0.315 e. The first-order chi connectivity index (χ1) is 18.3. The topological polar surface area (TPSA) is 140 Å². The molecule has 2 N–H and O–H groups in total. The SMILES string of the molecule is CCOc1cc(/C=C2/C(=O)NN(c3ccccc3)C2=O)cc([N+](=O)[O-])c1OCC(=O)Nc1ccc(Cl)cc1. The molecule has 3 amide bonds. The summed E-state index contributed by atoms with van der Waals surface area (Å²) in [7, 11) is 0. The van der Waals surface area contributed by atoms with Gasteiger partial charge in [-0.3, -0.25) is 29.9 Å². The van der Waals surface area contributed by atoms with E-state index in [0.29, 0.717) is 16.4 Å². The second kappa shape index (κ2) is 11.4. The molecule has 1 saturated heterocycles. The Bertz CT molecular complexity index is 1430. The van der Waals surface area contributed by atoms with E-state index >= 15 is 0 Å². The molecule has 0 spiro atoms. The summed E-state index contributed by atoms with van der Waals surface area (Å²) < 4.78 is 11.0. The molecule has 0 aliphatic carbocycles. The lowest BCUT2D eigenvalue weighted by molar-refractivity contribution is -0.385.